The van der Waals surface area contributed by atoms with Crippen molar-refractivity contribution in [2.24, 2.45) is 11.8 Å². The number of thiophene rings is 1. The fourth-order valence-electron chi connectivity index (χ4n) is 5.32. The van der Waals surface area contributed by atoms with Gasteiger partial charge in [-0.05, 0) is 60.9 Å². The van der Waals surface area contributed by atoms with Crippen LogP contribution in [-0.2, 0) is 30.5 Å². The highest BCUT2D eigenvalue weighted by molar-refractivity contribution is 7.12. The summed E-state index contributed by atoms with van der Waals surface area (Å²) in [7, 11) is 0. The topological polar surface area (TPSA) is 95.7 Å². The third kappa shape index (κ3) is 6.44. The summed E-state index contributed by atoms with van der Waals surface area (Å²) in [6.45, 7) is 3.78. The van der Waals surface area contributed by atoms with E-state index in [1.807, 2.05) is 21.6 Å². The molecule has 200 valence electrons. The summed E-state index contributed by atoms with van der Waals surface area (Å²) in [4.78, 5) is 28.2. The monoisotopic (exact) mass is 537 g/mol. The lowest BCUT2D eigenvalue weighted by Gasteiger charge is -2.31. The van der Waals surface area contributed by atoms with Crippen molar-refractivity contribution in [2.75, 3.05) is 6.54 Å². The standard InChI is InChI=1S/C25H28F3N3OS.CH2O3/c1-16-4-6-17(7-5-16)13-23(32)30-12-10-19-20-3-2-11-29-24(20)31(21(19)15-30)14-18-8-9-22(33-18)25(26,27)28;2-1(3)4/h2-3,8-9,11,16-17H,4-7,10,12-15H2,1H3;(H2,2,3,4)/t16-,17-;. The molecule has 1 saturated carbocycles. The van der Waals surface area contributed by atoms with Gasteiger partial charge in [-0.25, -0.2) is 9.78 Å². The third-order valence-corrected chi connectivity index (χ3v) is 8.34. The molecule has 0 atom stereocenters. The van der Waals surface area contributed by atoms with Gasteiger partial charge in [-0.1, -0.05) is 19.8 Å². The first-order chi connectivity index (χ1) is 17.5. The average Bonchev–Trinajstić information content (AvgIpc) is 3.44. The number of fused-ring (bicyclic) bond motifs is 3. The average molecular weight is 538 g/mol. The van der Waals surface area contributed by atoms with Gasteiger partial charge < -0.3 is 19.7 Å². The Morgan fingerprint density at radius 2 is 1.84 bits per heavy atom. The minimum atomic E-state index is -4.33. The highest BCUT2D eigenvalue weighted by Gasteiger charge is 2.33. The Morgan fingerprint density at radius 1 is 1.14 bits per heavy atom. The minimum absolute atomic E-state index is 0.195. The van der Waals surface area contributed by atoms with E-state index < -0.39 is 17.2 Å². The van der Waals surface area contributed by atoms with Crippen LogP contribution in [0.25, 0.3) is 11.0 Å². The highest BCUT2D eigenvalue weighted by atomic mass is 32.1. The fraction of sp³-hybridized carbons (Fsp3) is 0.500. The second-order valence-corrected chi connectivity index (χ2v) is 11.0. The van der Waals surface area contributed by atoms with Crippen molar-refractivity contribution in [1.82, 2.24) is 14.5 Å². The zero-order valence-electron chi connectivity index (χ0n) is 20.5. The summed E-state index contributed by atoms with van der Waals surface area (Å²) >= 11 is 0.774. The summed E-state index contributed by atoms with van der Waals surface area (Å²) in [5, 5.41) is 15.0. The van der Waals surface area contributed by atoms with E-state index >= 15 is 0 Å². The maximum atomic E-state index is 13.1. The molecule has 1 aliphatic carbocycles. The maximum Gasteiger partial charge on any atom is 0.503 e. The number of amides is 1. The normalized spacial score (nSPS) is 19.7. The van der Waals surface area contributed by atoms with Crippen LogP contribution < -0.4 is 0 Å². The molecule has 2 N–H and O–H groups in total. The van der Waals surface area contributed by atoms with Crippen LogP contribution in [0.5, 0.6) is 0 Å². The summed E-state index contributed by atoms with van der Waals surface area (Å²) in [5.41, 5.74) is 2.95. The molecule has 37 heavy (non-hydrogen) atoms. The predicted octanol–water partition coefficient (Wildman–Crippen LogP) is 6.49. The van der Waals surface area contributed by atoms with E-state index in [1.54, 1.807) is 12.3 Å². The molecule has 5 rings (SSSR count). The van der Waals surface area contributed by atoms with Crippen molar-refractivity contribution in [3.05, 3.63) is 51.5 Å². The number of nitrogens with zero attached hydrogens (tertiary/aromatic N) is 3. The van der Waals surface area contributed by atoms with Gasteiger partial charge in [0.2, 0.25) is 5.91 Å². The number of pyridine rings is 1. The molecular formula is C26H30F3N3O4S. The first-order valence-electron chi connectivity index (χ1n) is 12.3. The van der Waals surface area contributed by atoms with E-state index in [0.29, 0.717) is 36.9 Å². The lowest BCUT2D eigenvalue weighted by atomic mass is 9.81. The van der Waals surface area contributed by atoms with Crippen molar-refractivity contribution in [3.8, 4) is 0 Å². The van der Waals surface area contributed by atoms with Crippen molar-refractivity contribution < 1.29 is 33.0 Å². The number of carbonyl (C=O) groups is 2. The van der Waals surface area contributed by atoms with Gasteiger partial charge in [0.1, 0.15) is 10.5 Å². The first kappa shape index (κ1) is 27.0. The molecule has 0 unspecified atom stereocenters. The fourth-order valence-corrected chi connectivity index (χ4v) is 6.19. The summed E-state index contributed by atoms with van der Waals surface area (Å²) in [6, 6.07) is 6.60. The maximum absolute atomic E-state index is 13.1. The van der Waals surface area contributed by atoms with Crippen LogP contribution in [-0.4, -0.2) is 43.3 Å². The molecule has 3 aromatic heterocycles. The van der Waals surface area contributed by atoms with Crippen molar-refractivity contribution in [3.63, 3.8) is 0 Å². The molecular weight excluding hydrogens is 507 g/mol. The lowest BCUT2D eigenvalue weighted by Crippen LogP contribution is -2.37. The molecule has 1 aliphatic heterocycles. The van der Waals surface area contributed by atoms with Gasteiger partial charge in [-0.15, -0.1) is 11.3 Å². The highest BCUT2D eigenvalue weighted by Crippen LogP contribution is 2.37. The van der Waals surface area contributed by atoms with Crippen LogP contribution in [0.3, 0.4) is 0 Å². The number of hydrogen-bond donors (Lipinski definition) is 2. The molecule has 0 saturated heterocycles. The molecule has 7 nitrogen and oxygen atoms in total. The quantitative estimate of drug-likeness (QED) is 0.397. The zero-order valence-corrected chi connectivity index (χ0v) is 21.3. The number of halogens is 3. The molecule has 0 bridgehead atoms. The van der Waals surface area contributed by atoms with Crippen LogP contribution in [0.4, 0.5) is 18.0 Å². The van der Waals surface area contributed by atoms with Crippen molar-refractivity contribution >= 4 is 34.4 Å². The van der Waals surface area contributed by atoms with Gasteiger partial charge in [0.25, 0.3) is 0 Å². The van der Waals surface area contributed by atoms with Gasteiger partial charge >= 0.3 is 12.3 Å². The van der Waals surface area contributed by atoms with Crippen LogP contribution in [0, 0.1) is 11.8 Å². The Balaban J connectivity index is 0.000000747. The van der Waals surface area contributed by atoms with E-state index in [-0.39, 0.29) is 5.91 Å². The Hall–Kier alpha value is -3.08. The van der Waals surface area contributed by atoms with Crippen LogP contribution in [0.15, 0.2) is 30.5 Å². The van der Waals surface area contributed by atoms with Crippen LogP contribution >= 0.6 is 11.3 Å². The number of carbonyl (C=O) groups excluding carboxylic acids is 1. The van der Waals surface area contributed by atoms with Gasteiger partial charge in [0.15, 0.2) is 0 Å². The third-order valence-electron chi connectivity index (χ3n) is 7.22. The van der Waals surface area contributed by atoms with Gasteiger partial charge in [0, 0.05) is 35.1 Å². The van der Waals surface area contributed by atoms with E-state index in [4.69, 9.17) is 15.0 Å². The summed E-state index contributed by atoms with van der Waals surface area (Å²) < 4.78 is 41.3. The Kier molecular flexibility index (Phi) is 8.11. The molecule has 0 spiro atoms. The van der Waals surface area contributed by atoms with E-state index in [9.17, 15) is 18.0 Å². The van der Waals surface area contributed by atoms with Gasteiger partial charge in [0.05, 0.1) is 13.1 Å². The Morgan fingerprint density at radius 3 is 2.49 bits per heavy atom. The lowest BCUT2D eigenvalue weighted by molar-refractivity contribution is -0.134. The van der Waals surface area contributed by atoms with Gasteiger partial charge in [-0.2, -0.15) is 13.2 Å². The smallest absolute Gasteiger partial charge is 0.450 e. The number of alkyl halides is 3. The molecule has 2 aliphatic rings. The van der Waals surface area contributed by atoms with Gasteiger partial charge in [-0.3, -0.25) is 4.79 Å². The Bertz CT molecular complexity index is 1260. The molecule has 3 aromatic rings. The second-order valence-electron chi connectivity index (χ2n) is 9.83. The van der Waals surface area contributed by atoms with E-state index in [0.717, 1.165) is 59.3 Å². The number of hydrogen-bond acceptors (Lipinski definition) is 4. The second kappa shape index (κ2) is 11.1. The SMILES string of the molecule is C[C@H]1CC[C@H](CC(=O)N2CCc3c(n(Cc4ccc(C(F)(F)F)s4)c4ncccc34)C2)CC1.O=C(O)O. The molecule has 11 heteroatoms. The van der Waals surface area contributed by atoms with Crippen molar-refractivity contribution in [2.45, 2.75) is 64.7 Å². The molecule has 1 amide bonds. The largest absolute Gasteiger partial charge is 0.503 e. The molecule has 4 heterocycles. The zero-order chi connectivity index (χ0) is 26.7. The van der Waals surface area contributed by atoms with Crippen molar-refractivity contribution in [1.29, 1.82) is 0 Å². The van der Waals surface area contributed by atoms with Crippen LogP contribution in [0.2, 0.25) is 0 Å². The minimum Gasteiger partial charge on any atom is -0.450 e. The number of rotatable bonds is 4. The molecule has 1 fully saturated rings. The number of aromatic nitrogens is 2. The summed E-state index contributed by atoms with van der Waals surface area (Å²) in [6.07, 6.45) is 1.53. The predicted molar refractivity (Wildman–Crippen MR) is 134 cm³/mol. The molecule has 0 radical (unpaired) electrons. The van der Waals surface area contributed by atoms with E-state index in [1.165, 1.54) is 18.4 Å². The van der Waals surface area contributed by atoms with E-state index in [2.05, 4.69) is 11.9 Å². The number of carboxylic acid groups (broad SMARTS) is 2. The first-order valence-corrected chi connectivity index (χ1v) is 13.1. The summed E-state index contributed by atoms with van der Waals surface area (Å²) in [5.74, 6) is 1.42. The Labute approximate surface area is 216 Å². The molecule has 0 aromatic carbocycles. The van der Waals surface area contributed by atoms with Crippen LogP contribution in [0.1, 0.15) is 60.0 Å².